The molecule has 0 aliphatic carbocycles. The third-order valence-corrected chi connectivity index (χ3v) is 2.75. The SMILES string of the molecule is CC1(C)COP([O-])(=S)OC1. The maximum Gasteiger partial charge on any atom is 0.115 e. The van der Waals surface area contributed by atoms with E-state index in [1.54, 1.807) is 0 Å². The Labute approximate surface area is 65.6 Å². The number of hydrogen-bond acceptors (Lipinski definition) is 4. The lowest BCUT2D eigenvalue weighted by molar-refractivity contribution is -0.220. The van der Waals surface area contributed by atoms with Crippen LogP contribution in [-0.4, -0.2) is 13.2 Å². The summed E-state index contributed by atoms with van der Waals surface area (Å²) in [6.07, 6.45) is 0. The van der Waals surface area contributed by atoms with Crippen molar-refractivity contribution in [2.75, 3.05) is 13.2 Å². The van der Waals surface area contributed by atoms with E-state index >= 15 is 0 Å². The largest absolute Gasteiger partial charge is 0.780 e. The van der Waals surface area contributed by atoms with Crippen LogP contribution in [0, 0.1) is 5.41 Å². The molecular formula is C5H10O3PS-. The fourth-order valence-corrected chi connectivity index (χ4v) is 1.99. The molecule has 3 nitrogen and oxygen atoms in total. The first kappa shape index (κ1) is 8.62. The molecule has 0 amide bonds. The van der Waals surface area contributed by atoms with Crippen LogP contribution < -0.4 is 4.89 Å². The second-order valence-electron chi connectivity index (χ2n) is 3.16. The van der Waals surface area contributed by atoms with Gasteiger partial charge in [0.15, 0.2) is 0 Å². The molecule has 0 aromatic carbocycles. The Morgan fingerprint density at radius 3 is 2.10 bits per heavy atom. The Balaban J connectivity index is 2.54. The van der Waals surface area contributed by atoms with Crippen LogP contribution in [0.15, 0.2) is 0 Å². The molecule has 0 aromatic rings. The van der Waals surface area contributed by atoms with Crippen molar-refractivity contribution >= 4 is 18.5 Å². The first-order chi connectivity index (χ1) is 4.41. The van der Waals surface area contributed by atoms with Crippen molar-refractivity contribution in [1.82, 2.24) is 0 Å². The summed E-state index contributed by atoms with van der Waals surface area (Å²) in [6.45, 7) is 1.71. The van der Waals surface area contributed by atoms with E-state index in [1.165, 1.54) is 0 Å². The Morgan fingerprint density at radius 2 is 1.80 bits per heavy atom. The van der Waals surface area contributed by atoms with Gasteiger partial charge in [0, 0.05) is 5.41 Å². The summed E-state index contributed by atoms with van der Waals surface area (Å²) in [5.41, 5.74) is -0.0489. The topological polar surface area (TPSA) is 41.5 Å². The van der Waals surface area contributed by atoms with Crippen molar-refractivity contribution in [2.45, 2.75) is 13.8 Å². The molecule has 1 fully saturated rings. The van der Waals surface area contributed by atoms with Gasteiger partial charge in [-0.1, -0.05) is 25.7 Å². The van der Waals surface area contributed by atoms with E-state index in [1.807, 2.05) is 13.8 Å². The number of rotatable bonds is 0. The van der Waals surface area contributed by atoms with Gasteiger partial charge in [-0.3, -0.25) is 0 Å². The second kappa shape index (κ2) is 2.54. The first-order valence-electron chi connectivity index (χ1n) is 3.01. The monoisotopic (exact) mass is 181 g/mol. The fraction of sp³-hybridized carbons (Fsp3) is 1.00. The van der Waals surface area contributed by atoms with E-state index in [0.717, 1.165) is 0 Å². The van der Waals surface area contributed by atoms with Crippen LogP contribution in [0.25, 0.3) is 0 Å². The normalized spacial score (nSPS) is 29.9. The molecule has 0 saturated carbocycles. The van der Waals surface area contributed by atoms with Gasteiger partial charge >= 0.3 is 0 Å². The van der Waals surface area contributed by atoms with Crippen LogP contribution in [0.1, 0.15) is 13.8 Å². The molecule has 0 aromatic heterocycles. The summed E-state index contributed by atoms with van der Waals surface area (Å²) in [6, 6.07) is 0. The third-order valence-electron chi connectivity index (χ3n) is 1.23. The van der Waals surface area contributed by atoms with Gasteiger partial charge in [0.05, 0.1) is 13.2 Å². The van der Waals surface area contributed by atoms with Crippen molar-refractivity contribution in [3.8, 4) is 0 Å². The van der Waals surface area contributed by atoms with E-state index in [2.05, 4.69) is 11.8 Å². The Hall–Kier alpha value is 0.530. The third kappa shape index (κ3) is 2.29. The predicted molar refractivity (Wildman–Crippen MR) is 40.0 cm³/mol. The van der Waals surface area contributed by atoms with Crippen LogP contribution in [0.5, 0.6) is 0 Å². The predicted octanol–water partition coefficient (Wildman–Crippen LogP) is 0.644. The molecule has 1 heterocycles. The summed E-state index contributed by atoms with van der Waals surface area (Å²) >= 11 is 4.51. The van der Waals surface area contributed by atoms with Crippen molar-refractivity contribution < 1.29 is 13.9 Å². The van der Waals surface area contributed by atoms with Gasteiger partial charge in [-0.25, -0.2) is 0 Å². The maximum atomic E-state index is 10.9. The van der Waals surface area contributed by atoms with Gasteiger partial charge in [0.25, 0.3) is 0 Å². The Bertz CT molecular complexity index is 166. The smallest absolute Gasteiger partial charge is 0.115 e. The molecule has 0 unspecified atom stereocenters. The molecule has 0 N–H and O–H groups in total. The van der Waals surface area contributed by atoms with E-state index in [-0.39, 0.29) is 5.41 Å². The van der Waals surface area contributed by atoms with Gasteiger partial charge in [-0.05, 0) is 0 Å². The molecule has 0 spiro atoms. The van der Waals surface area contributed by atoms with E-state index in [0.29, 0.717) is 13.2 Å². The molecule has 1 rings (SSSR count). The summed E-state index contributed by atoms with van der Waals surface area (Å²) < 4.78 is 9.66. The average molecular weight is 181 g/mol. The molecule has 5 heteroatoms. The highest BCUT2D eigenvalue weighted by Crippen LogP contribution is 2.46. The fourth-order valence-electron chi connectivity index (χ4n) is 0.587. The molecule has 0 atom stereocenters. The molecule has 0 radical (unpaired) electrons. The summed E-state index contributed by atoms with van der Waals surface area (Å²) in [5, 5.41) is 0. The summed E-state index contributed by atoms with van der Waals surface area (Å²) in [4.78, 5) is 10.9. The molecule has 1 saturated heterocycles. The lowest BCUT2D eigenvalue weighted by Crippen LogP contribution is -2.31. The van der Waals surface area contributed by atoms with E-state index in [4.69, 9.17) is 9.05 Å². The maximum absolute atomic E-state index is 10.9. The average Bonchev–Trinajstić information content (AvgIpc) is 1.79. The lowest BCUT2D eigenvalue weighted by Gasteiger charge is -2.39. The van der Waals surface area contributed by atoms with Gasteiger partial charge in [0.1, 0.15) is 6.72 Å². The van der Waals surface area contributed by atoms with Crippen LogP contribution in [-0.2, 0) is 20.9 Å². The zero-order chi connectivity index (χ0) is 7.83. The van der Waals surface area contributed by atoms with Gasteiger partial charge in [0.2, 0.25) is 0 Å². The zero-order valence-electron chi connectivity index (χ0n) is 5.99. The summed E-state index contributed by atoms with van der Waals surface area (Å²) in [5.74, 6) is 0. The van der Waals surface area contributed by atoms with Crippen LogP contribution in [0.2, 0.25) is 0 Å². The standard InChI is InChI=1S/C5H11O3PS/c1-5(2)3-7-9(6,10)8-4-5/h3-4H2,1-2H3,(H,6,10)/p-1. The van der Waals surface area contributed by atoms with Crippen LogP contribution >= 0.6 is 6.72 Å². The first-order valence-corrected chi connectivity index (χ1v) is 5.57. The highest BCUT2D eigenvalue weighted by Gasteiger charge is 2.26. The van der Waals surface area contributed by atoms with Crippen LogP contribution in [0.3, 0.4) is 0 Å². The highest BCUT2D eigenvalue weighted by atomic mass is 32.5. The molecule has 60 valence electrons. The second-order valence-corrected chi connectivity index (χ2v) is 5.91. The molecule has 10 heavy (non-hydrogen) atoms. The minimum absolute atomic E-state index is 0.0489. The van der Waals surface area contributed by atoms with Gasteiger partial charge in [-0.2, -0.15) is 0 Å². The minimum Gasteiger partial charge on any atom is -0.780 e. The van der Waals surface area contributed by atoms with E-state index in [9.17, 15) is 4.89 Å². The van der Waals surface area contributed by atoms with Crippen molar-refractivity contribution in [3.63, 3.8) is 0 Å². The number of hydrogen-bond donors (Lipinski definition) is 0. The molecule has 1 aliphatic heterocycles. The van der Waals surface area contributed by atoms with Gasteiger partial charge in [-0.15, -0.1) is 0 Å². The minimum atomic E-state index is -3.08. The van der Waals surface area contributed by atoms with Gasteiger partial charge < -0.3 is 13.9 Å². The quantitative estimate of drug-likeness (QED) is 0.514. The molecule has 1 aliphatic rings. The molecule has 0 bridgehead atoms. The van der Waals surface area contributed by atoms with Crippen molar-refractivity contribution in [3.05, 3.63) is 0 Å². The highest BCUT2D eigenvalue weighted by molar-refractivity contribution is 8.06. The van der Waals surface area contributed by atoms with Crippen molar-refractivity contribution in [1.29, 1.82) is 0 Å². The Kier molecular flexibility index (Phi) is 2.19. The Morgan fingerprint density at radius 1 is 1.40 bits per heavy atom. The summed E-state index contributed by atoms with van der Waals surface area (Å²) in [7, 11) is 0. The lowest BCUT2D eigenvalue weighted by atomic mass is 9.97. The molecular weight excluding hydrogens is 171 g/mol. The van der Waals surface area contributed by atoms with E-state index < -0.39 is 6.72 Å². The van der Waals surface area contributed by atoms with Crippen molar-refractivity contribution in [2.24, 2.45) is 5.41 Å². The zero-order valence-corrected chi connectivity index (χ0v) is 7.71. The van der Waals surface area contributed by atoms with Crippen LogP contribution in [0.4, 0.5) is 0 Å².